The molecule has 0 radical (unpaired) electrons. The van der Waals surface area contributed by atoms with Gasteiger partial charge in [0.05, 0.1) is 12.1 Å². The van der Waals surface area contributed by atoms with Gasteiger partial charge in [-0.25, -0.2) is 0 Å². The number of rotatable bonds is 2. The van der Waals surface area contributed by atoms with Gasteiger partial charge < -0.3 is 9.80 Å². The topological polar surface area (TPSA) is 36.4 Å². The Kier molecular flexibility index (Phi) is 2.84. The fourth-order valence-corrected chi connectivity index (χ4v) is 3.21. The van der Waals surface area contributed by atoms with Crippen molar-refractivity contribution in [3.8, 4) is 0 Å². The van der Waals surface area contributed by atoms with Crippen LogP contribution in [0.3, 0.4) is 0 Å². The summed E-state index contributed by atoms with van der Waals surface area (Å²) in [6.07, 6.45) is 2.37. The zero-order valence-corrected chi connectivity index (χ0v) is 12.2. The Bertz CT molecular complexity index is 708. The Balaban J connectivity index is 1.69. The molecule has 0 atom stereocenters. The Morgan fingerprint density at radius 2 is 2.00 bits per heavy atom. The van der Waals surface area contributed by atoms with E-state index < -0.39 is 0 Å². The molecule has 2 heterocycles. The van der Waals surface area contributed by atoms with Crippen LogP contribution >= 0.6 is 0 Å². The number of amides is 1. The number of aryl methyl sites for hydroxylation is 1. The molecular formula is C17H19N3O. The Labute approximate surface area is 124 Å². The number of carbonyl (C=O) groups excluding carboxylic acids is 1. The second-order valence-electron chi connectivity index (χ2n) is 6.04. The molecule has 2 aromatic rings. The lowest BCUT2D eigenvalue weighted by Crippen LogP contribution is -2.51. The predicted octanol–water partition coefficient (Wildman–Crippen LogP) is 2.35. The van der Waals surface area contributed by atoms with Crippen LogP contribution in [0.5, 0.6) is 0 Å². The van der Waals surface area contributed by atoms with Crippen molar-refractivity contribution in [1.29, 1.82) is 0 Å². The first-order valence-corrected chi connectivity index (χ1v) is 7.63. The third-order valence-electron chi connectivity index (χ3n) is 4.41. The average Bonchev–Trinajstić information content (AvgIpc) is 3.31. The maximum Gasteiger partial charge on any atom is 0.242 e. The van der Waals surface area contributed by atoms with Crippen LogP contribution in [0.25, 0.3) is 10.9 Å². The van der Waals surface area contributed by atoms with E-state index in [-0.39, 0.29) is 5.91 Å². The fourth-order valence-electron chi connectivity index (χ4n) is 3.21. The number of fused-ring (bicyclic) bond motifs is 1. The standard InChI is InChI=1S/C17H19N3O/c1-12-10-16(14-4-2-3-5-15(14)18-12)19-8-9-20(13-6-7-13)17(21)11-19/h2-5,10,13H,6-9,11H2,1H3. The first kappa shape index (κ1) is 12.6. The van der Waals surface area contributed by atoms with Crippen LogP contribution < -0.4 is 4.90 Å². The molecular weight excluding hydrogens is 262 g/mol. The summed E-state index contributed by atoms with van der Waals surface area (Å²) >= 11 is 0. The number of benzene rings is 1. The summed E-state index contributed by atoms with van der Waals surface area (Å²) in [5.41, 5.74) is 3.15. The first-order chi connectivity index (χ1) is 10.2. The van der Waals surface area contributed by atoms with E-state index in [9.17, 15) is 4.79 Å². The molecule has 0 N–H and O–H groups in total. The number of hydrogen-bond donors (Lipinski definition) is 0. The van der Waals surface area contributed by atoms with Crippen LogP contribution in [0.4, 0.5) is 5.69 Å². The highest BCUT2D eigenvalue weighted by atomic mass is 16.2. The molecule has 4 nitrogen and oxygen atoms in total. The van der Waals surface area contributed by atoms with Gasteiger partial charge >= 0.3 is 0 Å². The summed E-state index contributed by atoms with van der Waals surface area (Å²) in [6.45, 7) is 4.26. The van der Waals surface area contributed by atoms with Gasteiger partial charge in [0.25, 0.3) is 0 Å². The number of piperazine rings is 1. The van der Waals surface area contributed by atoms with Crippen molar-refractivity contribution in [3.05, 3.63) is 36.0 Å². The normalized spacial score (nSPS) is 19.4. The largest absolute Gasteiger partial charge is 0.360 e. The van der Waals surface area contributed by atoms with E-state index in [1.807, 2.05) is 25.1 Å². The number of carbonyl (C=O) groups is 1. The van der Waals surface area contributed by atoms with E-state index in [1.54, 1.807) is 0 Å². The van der Waals surface area contributed by atoms with E-state index in [0.29, 0.717) is 12.6 Å². The van der Waals surface area contributed by atoms with E-state index in [0.717, 1.165) is 35.4 Å². The molecule has 1 aliphatic heterocycles. The van der Waals surface area contributed by atoms with Crippen molar-refractivity contribution in [2.75, 3.05) is 24.5 Å². The van der Waals surface area contributed by atoms with Gasteiger partial charge in [0.15, 0.2) is 0 Å². The number of anilines is 1. The molecule has 0 spiro atoms. The molecule has 1 saturated heterocycles. The molecule has 1 saturated carbocycles. The molecule has 0 bridgehead atoms. The minimum Gasteiger partial charge on any atom is -0.360 e. The average molecular weight is 281 g/mol. The molecule has 1 aromatic carbocycles. The van der Waals surface area contributed by atoms with Crippen molar-refractivity contribution in [1.82, 2.24) is 9.88 Å². The molecule has 21 heavy (non-hydrogen) atoms. The highest BCUT2D eigenvalue weighted by Gasteiger charge is 2.35. The second-order valence-corrected chi connectivity index (χ2v) is 6.04. The highest BCUT2D eigenvalue weighted by molar-refractivity contribution is 5.94. The predicted molar refractivity (Wildman–Crippen MR) is 83.4 cm³/mol. The van der Waals surface area contributed by atoms with Crippen molar-refractivity contribution < 1.29 is 4.79 Å². The molecule has 0 unspecified atom stereocenters. The Hall–Kier alpha value is -2.10. The Morgan fingerprint density at radius 1 is 1.19 bits per heavy atom. The lowest BCUT2D eigenvalue weighted by Gasteiger charge is -2.36. The summed E-state index contributed by atoms with van der Waals surface area (Å²) in [5.74, 6) is 0.266. The van der Waals surface area contributed by atoms with Gasteiger partial charge in [-0.3, -0.25) is 9.78 Å². The maximum absolute atomic E-state index is 12.3. The van der Waals surface area contributed by atoms with E-state index in [2.05, 4.69) is 26.9 Å². The number of pyridine rings is 1. The van der Waals surface area contributed by atoms with Crippen LogP contribution in [0.1, 0.15) is 18.5 Å². The summed E-state index contributed by atoms with van der Waals surface area (Å²) in [5, 5.41) is 1.13. The van der Waals surface area contributed by atoms with Gasteiger partial charge in [0.2, 0.25) is 5.91 Å². The number of hydrogen-bond acceptors (Lipinski definition) is 3. The smallest absolute Gasteiger partial charge is 0.242 e. The van der Waals surface area contributed by atoms with Crippen LogP contribution in [0.15, 0.2) is 30.3 Å². The highest BCUT2D eigenvalue weighted by Crippen LogP contribution is 2.31. The summed E-state index contributed by atoms with van der Waals surface area (Å²) in [6, 6.07) is 10.8. The van der Waals surface area contributed by atoms with Crippen molar-refractivity contribution >= 4 is 22.5 Å². The van der Waals surface area contributed by atoms with Gasteiger partial charge in [0.1, 0.15) is 0 Å². The van der Waals surface area contributed by atoms with E-state index >= 15 is 0 Å². The van der Waals surface area contributed by atoms with Gasteiger partial charge in [-0.15, -0.1) is 0 Å². The first-order valence-electron chi connectivity index (χ1n) is 7.63. The van der Waals surface area contributed by atoms with Crippen molar-refractivity contribution in [2.45, 2.75) is 25.8 Å². The van der Waals surface area contributed by atoms with Gasteiger partial charge in [-0.1, -0.05) is 18.2 Å². The van der Waals surface area contributed by atoms with Gasteiger partial charge in [-0.2, -0.15) is 0 Å². The molecule has 1 aliphatic carbocycles. The van der Waals surface area contributed by atoms with Gasteiger partial charge in [0, 0.05) is 35.9 Å². The molecule has 2 aliphatic rings. The van der Waals surface area contributed by atoms with Crippen LogP contribution in [0.2, 0.25) is 0 Å². The number of nitrogens with zero attached hydrogens (tertiary/aromatic N) is 3. The number of aromatic nitrogens is 1. The zero-order valence-electron chi connectivity index (χ0n) is 12.2. The maximum atomic E-state index is 12.3. The van der Waals surface area contributed by atoms with Crippen LogP contribution in [0, 0.1) is 6.92 Å². The zero-order chi connectivity index (χ0) is 14.4. The lowest BCUT2D eigenvalue weighted by molar-refractivity contribution is -0.131. The van der Waals surface area contributed by atoms with Crippen LogP contribution in [-0.2, 0) is 4.79 Å². The molecule has 2 fully saturated rings. The Morgan fingerprint density at radius 3 is 2.76 bits per heavy atom. The molecule has 1 amide bonds. The van der Waals surface area contributed by atoms with Crippen molar-refractivity contribution in [3.63, 3.8) is 0 Å². The van der Waals surface area contributed by atoms with Crippen molar-refractivity contribution in [2.24, 2.45) is 0 Å². The third kappa shape index (κ3) is 2.24. The summed E-state index contributed by atoms with van der Waals surface area (Å²) in [4.78, 5) is 21.2. The molecule has 108 valence electrons. The molecule has 4 rings (SSSR count). The minimum atomic E-state index is 0.266. The SMILES string of the molecule is Cc1cc(N2CCN(C3CC3)C(=O)C2)c2ccccc2n1. The fraction of sp³-hybridized carbons (Fsp3) is 0.412. The second kappa shape index (κ2) is 4.72. The molecule has 1 aromatic heterocycles. The third-order valence-corrected chi connectivity index (χ3v) is 4.41. The summed E-state index contributed by atoms with van der Waals surface area (Å²) < 4.78 is 0. The monoisotopic (exact) mass is 281 g/mol. The number of para-hydroxylation sites is 1. The minimum absolute atomic E-state index is 0.266. The van der Waals surface area contributed by atoms with Gasteiger partial charge in [-0.05, 0) is 31.9 Å². The summed E-state index contributed by atoms with van der Waals surface area (Å²) in [7, 11) is 0. The lowest BCUT2D eigenvalue weighted by atomic mass is 10.1. The van der Waals surface area contributed by atoms with E-state index in [4.69, 9.17) is 0 Å². The molecule has 4 heteroatoms. The van der Waals surface area contributed by atoms with E-state index in [1.165, 1.54) is 12.8 Å². The van der Waals surface area contributed by atoms with Crippen LogP contribution in [-0.4, -0.2) is 41.5 Å². The quantitative estimate of drug-likeness (QED) is 0.848.